The van der Waals surface area contributed by atoms with Crippen LogP contribution in [0, 0.1) is 12.3 Å². The SMILES string of the molecule is C#CCNc1ccc(N2CCNC2=O)cc1. The minimum atomic E-state index is -0.0377. The summed E-state index contributed by atoms with van der Waals surface area (Å²) in [7, 11) is 0. The molecule has 1 heterocycles. The quantitative estimate of drug-likeness (QED) is 0.745. The largest absolute Gasteiger partial charge is 0.374 e. The second-order valence-electron chi connectivity index (χ2n) is 3.49. The van der Waals surface area contributed by atoms with Gasteiger partial charge in [0.05, 0.1) is 6.54 Å². The number of hydrogen-bond acceptors (Lipinski definition) is 2. The molecule has 0 spiro atoms. The van der Waals surface area contributed by atoms with Crippen LogP contribution in [0.4, 0.5) is 16.2 Å². The molecule has 4 heteroatoms. The van der Waals surface area contributed by atoms with Crippen LogP contribution in [-0.2, 0) is 0 Å². The molecule has 0 unspecified atom stereocenters. The molecule has 1 fully saturated rings. The molecule has 0 radical (unpaired) electrons. The van der Waals surface area contributed by atoms with Crippen molar-refractivity contribution in [1.29, 1.82) is 0 Å². The predicted octanol–water partition coefficient (Wildman–Crippen LogP) is 1.26. The monoisotopic (exact) mass is 215 g/mol. The van der Waals surface area contributed by atoms with E-state index in [0.29, 0.717) is 13.1 Å². The van der Waals surface area contributed by atoms with Crippen molar-refractivity contribution in [3.63, 3.8) is 0 Å². The lowest BCUT2D eigenvalue weighted by Gasteiger charge is -2.14. The third kappa shape index (κ3) is 2.09. The Hall–Kier alpha value is -2.15. The number of carbonyl (C=O) groups is 1. The van der Waals surface area contributed by atoms with Crippen molar-refractivity contribution in [3.05, 3.63) is 24.3 Å². The lowest BCUT2D eigenvalue weighted by atomic mass is 10.2. The van der Waals surface area contributed by atoms with Crippen molar-refractivity contribution < 1.29 is 4.79 Å². The summed E-state index contributed by atoms with van der Waals surface area (Å²) in [6.07, 6.45) is 5.15. The Labute approximate surface area is 94.6 Å². The van der Waals surface area contributed by atoms with Crippen LogP contribution in [-0.4, -0.2) is 25.7 Å². The average molecular weight is 215 g/mol. The second-order valence-corrected chi connectivity index (χ2v) is 3.49. The minimum Gasteiger partial charge on any atom is -0.374 e. The normalized spacial score (nSPS) is 14.4. The molecule has 82 valence electrons. The summed E-state index contributed by atoms with van der Waals surface area (Å²) in [5, 5.41) is 5.83. The van der Waals surface area contributed by atoms with Crippen LogP contribution in [0.5, 0.6) is 0 Å². The highest BCUT2D eigenvalue weighted by molar-refractivity contribution is 5.94. The Bertz CT molecular complexity index is 419. The summed E-state index contributed by atoms with van der Waals surface area (Å²) >= 11 is 0. The molecule has 16 heavy (non-hydrogen) atoms. The van der Waals surface area contributed by atoms with E-state index in [9.17, 15) is 4.79 Å². The Morgan fingerprint density at radius 1 is 1.44 bits per heavy atom. The fraction of sp³-hybridized carbons (Fsp3) is 0.250. The molecule has 1 aliphatic rings. The first-order chi connectivity index (χ1) is 7.81. The molecule has 0 aromatic heterocycles. The highest BCUT2D eigenvalue weighted by Gasteiger charge is 2.20. The molecule has 0 atom stereocenters. The van der Waals surface area contributed by atoms with Gasteiger partial charge in [-0.15, -0.1) is 6.42 Å². The standard InChI is InChI=1S/C12H13N3O/c1-2-7-13-10-3-5-11(6-4-10)15-9-8-14-12(15)16/h1,3-6,13H,7-9H2,(H,14,16). The average Bonchev–Trinajstić information content (AvgIpc) is 2.74. The fourth-order valence-corrected chi connectivity index (χ4v) is 1.63. The molecule has 1 aliphatic heterocycles. The Balaban J connectivity index is 2.07. The van der Waals surface area contributed by atoms with E-state index in [4.69, 9.17) is 6.42 Å². The fourth-order valence-electron chi connectivity index (χ4n) is 1.63. The molecule has 2 amide bonds. The maximum Gasteiger partial charge on any atom is 0.321 e. The summed E-state index contributed by atoms with van der Waals surface area (Å²) in [4.78, 5) is 13.1. The summed E-state index contributed by atoms with van der Waals surface area (Å²) < 4.78 is 0. The van der Waals surface area contributed by atoms with Gasteiger partial charge in [-0.25, -0.2) is 4.79 Å². The van der Waals surface area contributed by atoms with Gasteiger partial charge in [0, 0.05) is 24.5 Å². The van der Waals surface area contributed by atoms with Gasteiger partial charge in [-0.2, -0.15) is 0 Å². The number of hydrogen-bond donors (Lipinski definition) is 2. The molecular formula is C12H13N3O. The number of rotatable bonds is 3. The Morgan fingerprint density at radius 3 is 2.75 bits per heavy atom. The molecule has 1 saturated heterocycles. The molecule has 0 aliphatic carbocycles. The van der Waals surface area contributed by atoms with E-state index in [2.05, 4.69) is 16.6 Å². The molecule has 1 aromatic carbocycles. The van der Waals surface area contributed by atoms with E-state index in [1.54, 1.807) is 4.90 Å². The zero-order chi connectivity index (χ0) is 11.4. The van der Waals surface area contributed by atoms with Gasteiger partial charge in [0.2, 0.25) is 0 Å². The number of terminal acetylenes is 1. The van der Waals surface area contributed by atoms with Crippen LogP contribution in [0.1, 0.15) is 0 Å². The van der Waals surface area contributed by atoms with Crippen LogP contribution >= 0.6 is 0 Å². The number of urea groups is 1. The molecular weight excluding hydrogens is 202 g/mol. The zero-order valence-corrected chi connectivity index (χ0v) is 8.86. The summed E-state index contributed by atoms with van der Waals surface area (Å²) in [6.45, 7) is 1.93. The minimum absolute atomic E-state index is 0.0377. The topological polar surface area (TPSA) is 44.4 Å². The van der Waals surface area contributed by atoms with Crippen molar-refractivity contribution in [2.75, 3.05) is 29.9 Å². The summed E-state index contributed by atoms with van der Waals surface area (Å²) in [5.74, 6) is 2.51. The first kappa shape index (κ1) is 10.4. The van der Waals surface area contributed by atoms with Crippen LogP contribution in [0.3, 0.4) is 0 Å². The maximum atomic E-state index is 11.4. The lowest BCUT2D eigenvalue weighted by Crippen LogP contribution is -2.27. The number of amides is 2. The molecule has 4 nitrogen and oxygen atoms in total. The van der Waals surface area contributed by atoms with Gasteiger partial charge in [-0.3, -0.25) is 4.90 Å². The van der Waals surface area contributed by atoms with E-state index in [1.165, 1.54) is 0 Å². The van der Waals surface area contributed by atoms with E-state index in [-0.39, 0.29) is 6.03 Å². The molecule has 2 N–H and O–H groups in total. The van der Waals surface area contributed by atoms with Gasteiger partial charge < -0.3 is 10.6 Å². The van der Waals surface area contributed by atoms with Gasteiger partial charge in [0.1, 0.15) is 0 Å². The first-order valence-corrected chi connectivity index (χ1v) is 5.14. The van der Waals surface area contributed by atoms with Crippen LogP contribution in [0.25, 0.3) is 0 Å². The van der Waals surface area contributed by atoms with Crippen LogP contribution in [0.2, 0.25) is 0 Å². The van der Waals surface area contributed by atoms with Gasteiger partial charge in [-0.1, -0.05) is 5.92 Å². The van der Waals surface area contributed by atoms with Crippen molar-refractivity contribution >= 4 is 17.4 Å². The summed E-state index contributed by atoms with van der Waals surface area (Å²) in [6, 6.07) is 7.61. The Morgan fingerprint density at radius 2 is 2.19 bits per heavy atom. The van der Waals surface area contributed by atoms with Gasteiger partial charge >= 0.3 is 6.03 Å². The molecule has 0 saturated carbocycles. The third-order valence-corrected chi connectivity index (χ3v) is 2.43. The van der Waals surface area contributed by atoms with Crippen molar-refractivity contribution in [2.24, 2.45) is 0 Å². The number of benzene rings is 1. The number of nitrogens with one attached hydrogen (secondary N) is 2. The van der Waals surface area contributed by atoms with E-state index in [0.717, 1.165) is 17.9 Å². The lowest BCUT2D eigenvalue weighted by molar-refractivity contribution is 0.252. The molecule has 0 bridgehead atoms. The Kier molecular flexibility index (Phi) is 2.97. The highest BCUT2D eigenvalue weighted by atomic mass is 16.2. The van der Waals surface area contributed by atoms with E-state index < -0.39 is 0 Å². The van der Waals surface area contributed by atoms with Crippen molar-refractivity contribution in [1.82, 2.24) is 5.32 Å². The number of anilines is 2. The van der Waals surface area contributed by atoms with E-state index in [1.807, 2.05) is 24.3 Å². The number of carbonyl (C=O) groups excluding carboxylic acids is 1. The van der Waals surface area contributed by atoms with Gasteiger partial charge in [-0.05, 0) is 24.3 Å². The van der Waals surface area contributed by atoms with Gasteiger partial charge in [0.25, 0.3) is 0 Å². The smallest absolute Gasteiger partial charge is 0.321 e. The molecule has 1 aromatic rings. The third-order valence-electron chi connectivity index (χ3n) is 2.43. The van der Waals surface area contributed by atoms with E-state index >= 15 is 0 Å². The second kappa shape index (κ2) is 4.58. The van der Waals surface area contributed by atoms with Crippen LogP contribution < -0.4 is 15.5 Å². The first-order valence-electron chi connectivity index (χ1n) is 5.14. The maximum absolute atomic E-state index is 11.4. The van der Waals surface area contributed by atoms with Crippen LogP contribution in [0.15, 0.2) is 24.3 Å². The molecule has 2 rings (SSSR count). The zero-order valence-electron chi connectivity index (χ0n) is 8.86. The highest BCUT2D eigenvalue weighted by Crippen LogP contribution is 2.19. The van der Waals surface area contributed by atoms with Crippen molar-refractivity contribution in [3.8, 4) is 12.3 Å². The van der Waals surface area contributed by atoms with Gasteiger partial charge in [0.15, 0.2) is 0 Å². The number of nitrogens with zero attached hydrogens (tertiary/aromatic N) is 1. The van der Waals surface area contributed by atoms with Crippen molar-refractivity contribution in [2.45, 2.75) is 0 Å². The summed E-state index contributed by atoms with van der Waals surface area (Å²) in [5.41, 5.74) is 1.86. The predicted molar refractivity (Wildman–Crippen MR) is 64.5 cm³/mol.